The summed E-state index contributed by atoms with van der Waals surface area (Å²) in [6.45, 7) is 2.07. The van der Waals surface area contributed by atoms with Gasteiger partial charge in [-0.25, -0.2) is 4.57 Å². The highest BCUT2D eigenvalue weighted by Gasteiger charge is 2.04. The number of allylic oxidation sites excluding steroid dienone is 3. The molecule has 0 radical (unpaired) electrons. The summed E-state index contributed by atoms with van der Waals surface area (Å²) in [4.78, 5) is 4.66. The number of hydrogen-bond donors (Lipinski definition) is 1. The molecule has 0 atom stereocenters. The Labute approximate surface area is 235 Å². The third-order valence-corrected chi connectivity index (χ3v) is 8.77. The Balaban J connectivity index is 1.11. The molecule has 0 spiro atoms. The van der Waals surface area contributed by atoms with Crippen LogP contribution in [-0.2, 0) is 7.05 Å². The molecule has 4 rings (SSSR count). The van der Waals surface area contributed by atoms with Crippen LogP contribution < -0.4 is 19.7 Å². The molecule has 1 aliphatic heterocycles. The predicted octanol–water partition coefficient (Wildman–Crippen LogP) is 5.62. The second-order valence-electron chi connectivity index (χ2n) is 9.35. The van der Waals surface area contributed by atoms with Gasteiger partial charge in [0.15, 0.2) is 12.4 Å². The summed E-state index contributed by atoms with van der Waals surface area (Å²) in [6.07, 6.45) is 19.1. The van der Waals surface area contributed by atoms with Crippen LogP contribution in [0.1, 0.15) is 16.7 Å². The normalized spacial score (nSPS) is 13.0. The molecule has 0 unspecified atom stereocenters. The van der Waals surface area contributed by atoms with Crippen molar-refractivity contribution in [2.24, 2.45) is 7.05 Å². The summed E-state index contributed by atoms with van der Waals surface area (Å²) in [5.74, 6) is 2.20. The molecule has 196 valence electrons. The van der Waals surface area contributed by atoms with Gasteiger partial charge in [0.2, 0.25) is 0 Å². The van der Waals surface area contributed by atoms with E-state index in [1.807, 2.05) is 33.2 Å². The minimum atomic E-state index is 1.03. The van der Waals surface area contributed by atoms with Crippen molar-refractivity contribution in [1.29, 1.82) is 0 Å². The lowest BCUT2D eigenvalue weighted by molar-refractivity contribution is -0.671. The van der Waals surface area contributed by atoms with Crippen molar-refractivity contribution in [3.05, 3.63) is 120 Å². The maximum absolute atomic E-state index is 2.33. The first-order valence-corrected chi connectivity index (χ1v) is 15.5. The van der Waals surface area contributed by atoms with E-state index in [0.29, 0.717) is 0 Å². The fourth-order valence-electron chi connectivity index (χ4n) is 3.91. The Morgan fingerprint density at radius 3 is 1.63 bits per heavy atom. The van der Waals surface area contributed by atoms with Crippen LogP contribution in [0.2, 0.25) is 0 Å². The topological polar surface area (TPSA) is 27.0 Å². The SMILES string of the molecule is CN(CCSSCCN(C)c1ccc(/C=C/c2cc[n+](C)cc2)cc1)c1ccc(/C=C/C2=C[NH2+]C=C2)cc1. The van der Waals surface area contributed by atoms with E-state index in [-0.39, 0.29) is 0 Å². The average Bonchev–Trinajstić information content (AvgIpc) is 3.48. The lowest BCUT2D eigenvalue weighted by Gasteiger charge is -2.20. The summed E-state index contributed by atoms with van der Waals surface area (Å²) in [7, 11) is 10.3. The number of nitrogens with zero attached hydrogens (tertiary/aromatic N) is 3. The zero-order chi connectivity index (χ0) is 26.6. The second kappa shape index (κ2) is 14.7. The van der Waals surface area contributed by atoms with E-state index in [9.17, 15) is 0 Å². The van der Waals surface area contributed by atoms with Gasteiger partial charge in [-0.3, -0.25) is 5.32 Å². The first-order valence-electron chi connectivity index (χ1n) is 13.0. The molecule has 0 saturated heterocycles. The van der Waals surface area contributed by atoms with Crippen molar-refractivity contribution in [2.75, 3.05) is 48.5 Å². The molecule has 6 heteroatoms. The number of anilines is 2. The fourth-order valence-corrected chi connectivity index (χ4v) is 6.00. The number of hydrogen-bond acceptors (Lipinski definition) is 4. The molecule has 2 N–H and O–H groups in total. The van der Waals surface area contributed by atoms with E-state index in [1.165, 1.54) is 33.6 Å². The molecule has 4 nitrogen and oxygen atoms in total. The summed E-state index contributed by atoms with van der Waals surface area (Å²) in [6, 6.07) is 21.8. The van der Waals surface area contributed by atoms with E-state index in [1.54, 1.807) is 0 Å². The molecule has 2 heterocycles. The molecule has 38 heavy (non-hydrogen) atoms. The van der Waals surface area contributed by atoms with E-state index in [2.05, 4.69) is 145 Å². The third-order valence-electron chi connectivity index (χ3n) is 6.40. The Bertz CT molecular complexity index is 1260. The fraction of sp³-hybridized carbons (Fsp3) is 0.219. The van der Waals surface area contributed by atoms with Crippen LogP contribution in [0.3, 0.4) is 0 Å². The minimum absolute atomic E-state index is 1.03. The lowest BCUT2D eigenvalue weighted by Crippen LogP contribution is -2.69. The molecule has 1 aliphatic rings. The van der Waals surface area contributed by atoms with Gasteiger partial charge in [0, 0.05) is 73.8 Å². The molecule has 2 aromatic carbocycles. The number of pyridine rings is 1. The van der Waals surface area contributed by atoms with E-state index in [4.69, 9.17) is 0 Å². The van der Waals surface area contributed by atoms with Gasteiger partial charge in [-0.1, -0.05) is 64.1 Å². The molecule has 0 aliphatic carbocycles. The van der Waals surface area contributed by atoms with Crippen LogP contribution in [0.5, 0.6) is 0 Å². The van der Waals surface area contributed by atoms with Crippen molar-refractivity contribution in [1.82, 2.24) is 0 Å². The quantitative estimate of drug-likeness (QED) is 0.172. The molecular weight excluding hydrogens is 505 g/mol. The first kappa shape index (κ1) is 27.8. The van der Waals surface area contributed by atoms with Crippen molar-refractivity contribution >= 4 is 51.2 Å². The molecule has 0 fully saturated rings. The highest BCUT2D eigenvalue weighted by Crippen LogP contribution is 2.24. The Morgan fingerprint density at radius 1 is 0.684 bits per heavy atom. The van der Waals surface area contributed by atoms with Crippen LogP contribution in [0.15, 0.2) is 103 Å². The molecule has 0 amide bonds. The van der Waals surface area contributed by atoms with Gasteiger partial charge in [0.1, 0.15) is 13.2 Å². The first-order chi connectivity index (χ1) is 18.6. The van der Waals surface area contributed by atoms with Crippen molar-refractivity contribution < 1.29 is 9.88 Å². The Hall–Kier alpha value is -3.19. The third kappa shape index (κ3) is 8.98. The lowest BCUT2D eigenvalue weighted by atomic mass is 10.1. The molecule has 3 aromatic rings. The smallest absolute Gasteiger partial charge is 0.169 e. The Kier molecular flexibility index (Phi) is 10.7. The van der Waals surface area contributed by atoms with Crippen LogP contribution in [0, 0.1) is 0 Å². The van der Waals surface area contributed by atoms with E-state index < -0.39 is 0 Å². The van der Waals surface area contributed by atoms with Gasteiger partial charge in [0.25, 0.3) is 0 Å². The number of aryl methyl sites for hydroxylation is 1. The second-order valence-corrected chi connectivity index (χ2v) is 12.1. The number of benzene rings is 2. The average molecular weight is 543 g/mol. The molecule has 1 aromatic heterocycles. The van der Waals surface area contributed by atoms with Gasteiger partial charge in [-0.15, -0.1) is 0 Å². The van der Waals surface area contributed by atoms with Gasteiger partial charge in [0.05, 0.1) is 6.20 Å². The number of rotatable bonds is 13. The molecule has 0 bridgehead atoms. The monoisotopic (exact) mass is 542 g/mol. The van der Waals surface area contributed by atoms with E-state index >= 15 is 0 Å². The highest BCUT2D eigenvalue weighted by atomic mass is 33.1. The molecular formula is C32H38N4S2+2. The van der Waals surface area contributed by atoms with Gasteiger partial charge in [-0.2, -0.15) is 0 Å². The van der Waals surface area contributed by atoms with Crippen LogP contribution in [-0.4, -0.2) is 38.7 Å². The van der Waals surface area contributed by atoms with Crippen molar-refractivity contribution in [3.63, 3.8) is 0 Å². The summed E-state index contributed by atoms with van der Waals surface area (Å²) >= 11 is 0. The molecule has 0 saturated carbocycles. The van der Waals surface area contributed by atoms with Gasteiger partial charge < -0.3 is 9.80 Å². The largest absolute Gasteiger partial charge is 0.374 e. The highest BCUT2D eigenvalue weighted by molar-refractivity contribution is 8.76. The number of aromatic nitrogens is 1. The minimum Gasteiger partial charge on any atom is -0.374 e. The standard InChI is InChI=1S/C32H37N4S2/c1-34-20-17-29(18-21-34)5-4-27-8-12-31(13-9-27)35(2)22-24-37-38-25-23-36(3)32-14-10-28(11-15-32)6-7-30-16-19-33-26-30/h4-21,26,33H,22-25H2,1-3H3/q+1/p+1/b7-6+. The maximum atomic E-state index is 2.33. The summed E-state index contributed by atoms with van der Waals surface area (Å²) in [5, 5.41) is 2.07. The van der Waals surface area contributed by atoms with Crippen LogP contribution in [0.25, 0.3) is 18.2 Å². The number of nitrogens with two attached hydrogens (primary N) is 1. The van der Waals surface area contributed by atoms with Gasteiger partial charge in [-0.05, 0) is 47.0 Å². The Morgan fingerprint density at radius 2 is 1.16 bits per heavy atom. The maximum Gasteiger partial charge on any atom is 0.169 e. The van der Waals surface area contributed by atoms with Crippen LogP contribution >= 0.6 is 21.6 Å². The zero-order valence-corrected chi connectivity index (χ0v) is 24.2. The van der Waals surface area contributed by atoms with Crippen LogP contribution in [0.4, 0.5) is 11.4 Å². The van der Waals surface area contributed by atoms with Crippen molar-refractivity contribution in [2.45, 2.75) is 0 Å². The zero-order valence-electron chi connectivity index (χ0n) is 22.5. The summed E-state index contributed by atoms with van der Waals surface area (Å²) in [5.41, 5.74) is 7.41. The van der Waals surface area contributed by atoms with Gasteiger partial charge >= 0.3 is 0 Å². The van der Waals surface area contributed by atoms with Crippen molar-refractivity contribution in [3.8, 4) is 0 Å². The van der Waals surface area contributed by atoms with E-state index in [0.717, 1.165) is 24.6 Å². The predicted molar refractivity (Wildman–Crippen MR) is 169 cm³/mol. The number of quaternary nitrogens is 1. The summed E-state index contributed by atoms with van der Waals surface area (Å²) < 4.78 is 2.04.